The van der Waals surface area contributed by atoms with Crippen molar-refractivity contribution >= 4 is 29.3 Å². The van der Waals surface area contributed by atoms with Gasteiger partial charge in [-0.3, -0.25) is 4.79 Å². The SMILES string of the molecule is COc1ccc(/C=C/C(=O)Nc2ccc(-n3cnnn3)cc2)cc1Cl. The number of hydrogen-bond acceptors (Lipinski definition) is 5. The molecular weight excluding hydrogens is 342 g/mol. The van der Waals surface area contributed by atoms with Crippen LogP contribution in [0.15, 0.2) is 54.9 Å². The Morgan fingerprint density at radius 3 is 2.68 bits per heavy atom. The lowest BCUT2D eigenvalue weighted by Crippen LogP contribution is -2.07. The Hall–Kier alpha value is -3.19. The van der Waals surface area contributed by atoms with E-state index < -0.39 is 0 Å². The van der Waals surface area contributed by atoms with E-state index in [0.29, 0.717) is 16.5 Å². The third kappa shape index (κ3) is 4.21. The number of benzene rings is 2. The minimum atomic E-state index is -0.248. The summed E-state index contributed by atoms with van der Waals surface area (Å²) in [7, 11) is 1.55. The monoisotopic (exact) mass is 355 g/mol. The fourth-order valence-corrected chi connectivity index (χ4v) is 2.39. The number of methoxy groups -OCH3 is 1. The molecule has 0 unspecified atom stereocenters. The van der Waals surface area contributed by atoms with Crippen LogP contribution in [0.5, 0.6) is 5.75 Å². The number of halogens is 1. The van der Waals surface area contributed by atoms with Gasteiger partial charge in [-0.1, -0.05) is 17.7 Å². The summed E-state index contributed by atoms with van der Waals surface area (Å²) in [6, 6.07) is 12.4. The number of aromatic nitrogens is 4. The Labute approximate surface area is 148 Å². The quantitative estimate of drug-likeness (QED) is 0.711. The van der Waals surface area contributed by atoms with E-state index in [4.69, 9.17) is 16.3 Å². The number of rotatable bonds is 5. The van der Waals surface area contributed by atoms with Gasteiger partial charge >= 0.3 is 0 Å². The molecule has 1 aromatic heterocycles. The fourth-order valence-electron chi connectivity index (χ4n) is 2.12. The Morgan fingerprint density at radius 2 is 2.04 bits per heavy atom. The van der Waals surface area contributed by atoms with Gasteiger partial charge in [0, 0.05) is 11.8 Å². The minimum absolute atomic E-state index is 0.248. The van der Waals surface area contributed by atoms with E-state index in [9.17, 15) is 4.79 Å². The summed E-state index contributed by atoms with van der Waals surface area (Å²) in [6.45, 7) is 0. The third-order valence-corrected chi connectivity index (χ3v) is 3.65. The Morgan fingerprint density at radius 1 is 1.24 bits per heavy atom. The second-order valence-corrected chi connectivity index (χ2v) is 5.43. The topological polar surface area (TPSA) is 81.9 Å². The van der Waals surface area contributed by atoms with Gasteiger partial charge in [-0.2, -0.15) is 0 Å². The van der Waals surface area contributed by atoms with Gasteiger partial charge < -0.3 is 10.1 Å². The minimum Gasteiger partial charge on any atom is -0.495 e. The van der Waals surface area contributed by atoms with Crippen LogP contribution < -0.4 is 10.1 Å². The average molecular weight is 356 g/mol. The summed E-state index contributed by atoms with van der Waals surface area (Å²) >= 11 is 6.06. The van der Waals surface area contributed by atoms with Crippen molar-refractivity contribution in [2.45, 2.75) is 0 Å². The summed E-state index contributed by atoms with van der Waals surface area (Å²) < 4.78 is 6.62. The molecule has 1 N–H and O–H groups in total. The molecule has 0 aliphatic rings. The lowest BCUT2D eigenvalue weighted by atomic mass is 10.2. The second-order valence-electron chi connectivity index (χ2n) is 5.02. The van der Waals surface area contributed by atoms with Crippen molar-refractivity contribution in [2.75, 3.05) is 12.4 Å². The van der Waals surface area contributed by atoms with Crippen LogP contribution in [0.2, 0.25) is 5.02 Å². The normalized spacial score (nSPS) is 10.8. The fraction of sp³-hybridized carbons (Fsp3) is 0.0588. The first kappa shape index (κ1) is 16.7. The maximum absolute atomic E-state index is 12.0. The van der Waals surface area contributed by atoms with Crippen LogP contribution in [0.4, 0.5) is 5.69 Å². The standard InChI is InChI=1S/C17H14ClN5O2/c1-25-16-8-2-12(10-15(16)18)3-9-17(24)20-13-4-6-14(7-5-13)23-11-19-21-22-23/h2-11H,1H3,(H,20,24)/b9-3+. The maximum Gasteiger partial charge on any atom is 0.248 e. The third-order valence-electron chi connectivity index (χ3n) is 3.35. The molecule has 0 radical (unpaired) electrons. The van der Waals surface area contributed by atoms with Crippen molar-refractivity contribution in [2.24, 2.45) is 0 Å². The summed E-state index contributed by atoms with van der Waals surface area (Å²) in [5, 5.41) is 14.2. The Balaban J connectivity index is 1.63. The Bertz CT molecular complexity index is 892. The number of carbonyl (C=O) groups excluding carboxylic acids is 1. The highest BCUT2D eigenvalue weighted by Gasteiger charge is 2.02. The number of ether oxygens (including phenoxy) is 1. The first-order chi connectivity index (χ1) is 12.2. The molecule has 1 heterocycles. The van der Waals surface area contributed by atoms with Crippen molar-refractivity contribution in [1.29, 1.82) is 0 Å². The van der Waals surface area contributed by atoms with Crippen molar-refractivity contribution in [3.05, 3.63) is 65.5 Å². The van der Waals surface area contributed by atoms with Gasteiger partial charge in [0.25, 0.3) is 0 Å². The summed E-state index contributed by atoms with van der Waals surface area (Å²) in [6.07, 6.45) is 4.61. The number of anilines is 1. The molecule has 7 nitrogen and oxygen atoms in total. The number of nitrogens with zero attached hydrogens (tertiary/aromatic N) is 4. The zero-order valence-corrected chi connectivity index (χ0v) is 14.0. The summed E-state index contributed by atoms with van der Waals surface area (Å²) in [4.78, 5) is 12.0. The van der Waals surface area contributed by atoms with Crippen molar-refractivity contribution < 1.29 is 9.53 Å². The lowest BCUT2D eigenvalue weighted by Gasteiger charge is -2.04. The van der Waals surface area contributed by atoms with E-state index in [1.807, 2.05) is 6.07 Å². The van der Waals surface area contributed by atoms with E-state index in [1.54, 1.807) is 49.6 Å². The molecule has 0 spiro atoms. The molecule has 8 heteroatoms. The van der Waals surface area contributed by atoms with Crippen LogP contribution in [0.1, 0.15) is 5.56 Å². The highest BCUT2D eigenvalue weighted by atomic mass is 35.5. The van der Waals surface area contributed by atoms with E-state index in [-0.39, 0.29) is 5.91 Å². The second kappa shape index (κ2) is 7.59. The number of tetrazole rings is 1. The van der Waals surface area contributed by atoms with Gasteiger partial charge in [-0.15, -0.1) is 5.10 Å². The highest BCUT2D eigenvalue weighted by molar-refractivity contribution is 6.32. The van der Waals surface area contributed by atoms with Crippen LogP contribution in [0.3, 0.4) is 0 Å². The molecule has 0 aliphatic carbocycles. The summed E-state index contributed by atoms with van der Waals surface area (Å²) in [5.41, 5.74) is 2.26. The van der Waals surface area contributed by atoms with Gasteiger partial charge in [-0.25, -0.2) is 4.68 Å². The zero-order valence-electron chi connectivity index (χ0n) is 13.3. The van der Waals surface area contributed by atoms with Crippen molar-refractivity contribution in [3.63, 3.8) is 0 Å². The van der Waals surface area contributed by atoms with Gasteiger partial charge in [0.15, 0.2) is 0 Å². The first-order valence-corrected chi connectivity index (χ1v) is 7.69. The van der Waals surface area contributed by atoms with E-state index in [0.717, 1.165) is 11.3 Å². The zero-order chi connectivity index (χ0) is 17.6. The van der Waals surface area contributed by atoms with Crippen LogP contribution in [-0.2, 0) is 4.79 Å². The molecule has 0 bridgehead atoms. The number of nitrogens with one attached hydrogen (secondary N) is 1. The lowest BCUT2D eigenvalue weighted by molar-refractivity contribution is -0.111. The van der Waals surface area contributed by atoms with Crippen molar-refractivity contribution in [3.8, 4) is 11.4 Å². The highest BCUT2D eigenvalue weighted by Crippen LogP contribution is 2.25. The molecule has 25 heavy (non-hydrogen) atoms. The average Bonchev–Trinajstić information content (AvgIpc) is 3.15. The van der Waals surface area contributed by atoms with Crippen LogP contribution >= 0.6 is 11.6 Å². The van der Waals surface area contributed by atoms with E-state index in [1.165, 1.54) is 17.1 Å². The van der Waals surface area contributed by atoms with Crippen LogP contribution in [-0.4, -0.2) is 33.2 Å². The van der Waals surface area contributed by atoms with E-state index >= 15 is 0 Å². The van der Waals surface area contributed by atoms with Gasteiger partial charge in [-0.05, 0) is 58.5 Å². The predicted octanol–water partition coefficient (Wildman–Crippen LogP) is 2.98. The molecular formula is C17H14ClN5O2. The maximum atomic E-state index is 12.0. The first-order valence-electron chi connectivity index (χ1n) is 7.32. The molecule has 0 saturated carbocycles. The molecule has 1 amide bonds. The molecule has 0 aliphatic heterocycles. The molecule has 0 saturated heterocycles. The van der Waals surface area contributed by atoms with Gasteiger partial charge in [0.1, 0.15) is 12.1 Å². The van der Waals surface area contributed by atoms with Gasteiger partial charge in [0.2, 0.25) is 5.91 Å². The van der Waals surface area contributed by atoms with Crippen LogP contribution in [0.25, 0.3) is 11.8 Å². The largest absolute Gasteiger partial charge is 0.495 e. The Kier molecular flexibility index (Phi) is 5.06. The molecule has 2 aromatic carbocycles. The molecule has 3 rings (SSSR count). The number of carbonyl (C=O) groups is 1. The number of amides is 1. The van der Waals surface area contributed by atoms with E-state index in [2.05, 4.69) is 20.8 Å². The van der Waals surface area contributed by atoms with Gasteiger partial charge in [0.05, 0.1) is 17.8 Å². The molecule has 3 aromatic rings. The van der Waals surface area contributed by atoms with Crippen molar-refractivity contribution in [1.82, 2.24) is 20.2 Å². The summed E-state index contributed by atoms with van der Waals surface area (Å²) in [5.74, 6) is 0.341. The number of hydrogen-bond donors (Lipinski definition) is 1. The molecule has 126 valence electrons. The molecule has 0 atom stereocenters. The predicted molar refractivity (Wildman–Crippen MR) is 94.8 cm³/mol. The van der Waals surface area contributed by atoms with Crippen LogP contribution in [0, 0.1) is 0 Å². The smallest absolute Gasteiger partial charge is 0.248 e. The molecule has 0 fully saturated rings.